The number of likely N-dealkylation sites (tertiary alicyclic amines) is 1. The summed E-state index contributed by atoms with van der Waals surface area (Å²) in [7, 11) is 5.79. The molecule has 1 aliphatic rings. The van der Waals surface area contributed by atoms with Gasteiger partial charge in [0.05, 0.1) is 7.85 Å². The van der Waals surface area contributed by atoms with Crippen LogP contribution in [0.2, 0.25) is 5.82 Å². The maximum Gasteiger partial charge on any atom is 0.0789 e. The third-order valence-electron chi connectivity index (χ3n) is 2.05. The van der Waals surface area contributed by atoms with Crippen molar-refractivity contribution in [1.29, 1.82) is 0 Å². The molecule has 2 heteroatoms. The molecule has 1 fully saturated rings. The van der Waals surface area contributed by atoms with Crippen molar-refractivity contribution in [3.05, 3.63) is 24.6 Å². The predicted molar refractivity (Wildman–Crippen MR) is 49.4 cm³/mol. The van der Waals surface area contributed by atoms with Crippen LogP contribution < -0.4 is 0 Å². The zero-order chi connectivity index (χ0) is 8.59. The van der Waals surface area contributed by atoms with Gasteiger partial charge in [-0.25, -0.2) is 0 Å². The maximum absolute atomic E-state index is 5.79. The number of hydrogen-bond donors (Lipinski definition) is 0. The van der Waals surface area contributed by atoms with Gasteiger partial charge < -0.3 is 4.90 Å². The van der Waals surface area contributed by atoms with Crippen molar-refractivity contribution < 1.29 is 0 Å². The van der Waals surface area contributed by atoms with Crippen molar-refractivity contribution in [1.82, 2.24) is 4.90 Å². The molecule has 1 unspecified atom stereocenters. The van der Waals surface area contributed by atoms with E-state index in [4.69, 9.17) is 7.85 Å². The van der Waals surface area contributed by atoms with Crippen molar-refractivity contribution in [2.24, 2.45) is 0 Å². The van der Waals surface area contributed by atoms with E-state index in [-0.39, 0.29) is 5.82 Å². The third kappa shape index (κ3) is 1.35. The van der Waals surface area contributed by atoms with E-state index in [0.717, 1.165) is 17.8 Å². The lowest BCUT2D eigenvalue weighted by Crippen LogP contribution is -2.23. The first-order chi connectivity index (χ1) is 5.04. The number of rotatable bonds is 1. The van der Waals surface area contributed by atoms with Crippen LogP contribution in [0.1, 0.15) is 20.3 Å². The Morgan fingerprint density at radius 2 is 2.09 bits per heavy atom. The Balaban J connectivity index is 2.80. The molecule has 1 atom stereocenters. The quantitative estimate of drug-likeness (QED) is 0.513. The minimum Gasteiger partial charge on any atom is -0.348 e. The number of nitrogens with zero attached hydrogens (tertiary/aromatic N) is 1. The van der Waals surface area contributed by atoms with Gasteiger partial charge in [-0.15, -0.1) is 0 Å². The molecule has 0 aromatic heterocycles. The summed E-state index contributed by atoms with van der Waals surface area (Å²) < 4.78 is 0. The fourth-order valence-electron chi connectivity index (χ4n) is 1.55. The Labute approximate surface area is 70.2 Å². The van der Waals surface area contributed by atoms with Crippen LogP contribution in [0.3, 0.4) is 0 Å². The van der Waals surface area contributed by atoms with E-state index in [9.17, 15) is 0 Å². The molecule has 0 aliphatic carbocycles. The maximum atomic E-state index is 5.79. The van der Waals surface area contributed by atoms with Crippen LogP contribution in [0.4, 0.5) is 0 Å². The lowest BCUT2D eigenvalue weighted by Gasteiger charge is -2.25. The summed E-state index contributed by atoms with van der Waals surface area (Å²) in [6, 6.07) is 0.434. The molecule has 0 aromatic carbocycles. The molecule has 0 aromatic rings. The summed E-state index contributed by atoms with van der Waals surface area (Å²) in [5.41, 5.74) is 2.10. The highest BCUT2D eigenvalue weighted by molar-refractivity contribution is 6.14. The molecule has 0 amide bonds. The molecular formula is C9H14BN. The van der Waals surface area contributed by atoms with Gasteiger partial charge in [0.2, 0.25) is 0 Å². The number of hydrogen-bond acceptors (Lipinski definition) is 1. The summed E-state index contributed by atoms with van der Waals surface area (Å²) >= 11 is 0. The smallest absolute Gasteiger partial charge is 0.0789 e. The van der Waals surface area contributed by atoms with E-state index in [1.165, 1.54) is 0 Å². The van der Waals surface area contributed by atoms with Crippen molar-refractivity contribution in [3.8, 4) is 0 Å². The molecule has 1 aliphatic heterocycles. The Bertz CT molecular complexity index is 196. The van der Waals surface area contributed by atoms with Crippen molar-refractivity contribution in [3.63, 3.8) is 0 Å². The Morgan fingerprint density at radius 3 is 2.27 bits per heavy atom. The first-order valence-electron chi connectivity index (χ1n) is 3.95. The Kier molecular flexibility index (Phi) is 2.12. The SMILES string of the molecule is [B]C1CC(=C)N(C(C)C)C1=C. The summed E-state index contributed by atoms with van der Waals surface area (Å²) in [6.45, 7) is 12.1. The van der Waals surface area contributed by atoms with Crippen molar-refractivity contribution in [2.75, 3.05) is 0 Å². The Hall–Kier alpha value is -0.655. The second-order valence-corrected chi connectivity index (χ2v) is 3.33. The van der Waals surface area contributed by atoms with Gasteiger partial charge in [-0.05, 0) is 26.1 Å². The molecule has 1 rings (SSSR count). The predicted octanol–water partition coefficient (Wildman–Crippen LogP) is 2.08. The van der Waals surface area contributed by atoms with E-state index in [0.29, 0.717) is 6.04 Å². The van der Waals surface area contributed by atoms with Gasteiger partial charge in [0.1, 0.15) is 0 Å². The minimum atomic E-state index is 0.0879. The Morgan fingerprint density at radius 1 is 1.55 bits per heavy atom. The van der Waals surface area contributed by atoms with E-state index < -0.39 is 0 Å². The van der Waals surface area contributed by atoms with E-state index in [2.05, 4.69) is 31.9 Å². The molecule has 0 saturated carbocycles. The first-order valence-corrected chi connectivity index (χ1v) is 3.95. The van der Waals surface area contributed by atoms with Crippen LogP contribution in [-0.2, 0) is 0 Å². The normalized spacial score (nSPS) is 25.4. The molecule has 1 saturated heterocycles. The number of allylic oxidation sites excluding steroid dienone is 2. The highest BCUT2D eigenvalue weighted by atomic mass is 15.2. The van der Waals surface area contributed by atoms with Gasteiger partial charge in [-0.1, -0.05) is 13.2 Å². The standard InChI is InChI=1S/C9H14BN/c1-6(2)11-7(3)5-9(10)8(11)4/h6,9H,3-5H2,1-2H3. The molecular weight excluding hydrogens is 133 g/mol. The van der Waals surface area contributed by atoms with Crippen LogP contribution in [0.15, 0.2) is 24.6 Å². The van der Waals surface area contributed by atoms with Gasteiger partial charge >= 0.3 is 0 Å². The topological polar surface area (TPSA) is 3.24 Å². The van der Waals surface area contributed by atoms with Crippen molar-refractivity contribution >= 4 is 7.85 Å². The lowest BCUT2D eigenvalue weighted by atomic mass is 9.84. The molecule has 0 bridgehead atoms. The van der Waals surface area contributed by atoms with Crippen molar-refractivity contribution in [2.45, 2.75) is 32.1 Å². The second-order valence-electron chi connectivity index (χ2n) is 3.33. The van der Waals surface area contributed by atoms with Crippen LogP contribution in [0.5, 0.6) is 0 Å². The summed E-state index contributed by atoms with van der Waals surface area (Å²) in [4.78, 5) is 2.12. The highest BCUT2D eigenvalue weighted by Crippen LogP contribution is 2.37. The highest BCUT2D eigenvalue weighted by Gasteiger charge is 2.26. The van der Waals surface area contributed by atoms with Crippen LogP contribution in [-0.4, -0.2) is 18.8 Å². The zero-order valence-electron chi connectivity index (χ0n) is 7.30. The fourth-order valence-corrected chi connectivity index (χ4v) is 1.55. The van der Waals surface area contributed by atoms with Crippen LogP contribution in [0, 0.1) is 0 Å². The van der Waals surface area contributed by atoms with E-state index in [1.54, 1.807) is 0 Å². The summed E-state index contributed by atoms with van der Waals surface area (Å²) in [6.07, 6.45) is 0.858. The van der Waals surface area contributed by atoms with Gasteiger partial charge in [-0.3, -0.25) is 0 Å². The third-order valence-corrected chi connectivity index (χ3v) is 2.05. The average molecular weight is 147 g/mol. The molecule has 11 heavy (non-hydrogen) atoms. The fraction of sp³-hybridized carbons (Fsp3) is 0.556. The molecule has 1 heterocycles. The zero-order valence-corrected chi connectivity index (χ0v) is 7.30. The molecule has 0 N–H and O–H groups in total. The summed E-state index contributed by atoms with van der Waals surface area (Å²) in [5, 5.41) is 0. The van der Waals surface area contributed by atoms with Gasteiger partial charge in [0.15, 0.2) is 0 Å². The van der Waals surface area contributed by atoms with Crippen LogP contribution in [0.25, 0.3) is 0 Å². The van der Waals surface area contributed by atoms with Gasteiger partial charge in [0, 0.05) is 17.4 Å². The second kappa shape index (κ2) is 2.76. The van der Waals surface area contributed by atoms with Gasteiger partial charge in [-0.2, -0.15) is 0 Å². The molecule has 0 spiro atoms. The van der Waals surface area contributed by atoms with E-state index in [1.807, 2.05) is 0 Å². The molecule has 1 nitrogen and oxygen atoms in total. The average Bonchev–Trinajstić information content (AvgIpc) is 2.07. The summed E-state index contributed by atoms with van der Waals surface area (Å²) in [5.74, 6) is 0.0879. The molecule has 2 radical (unpaired) electrons. The molecule has 58 valence electrons. The monoisotopic (exact) mass is 147 g/mol. The first kappa shape index (κ1) is 8.44. The minimum absolute atomic E-state index is 0.0879. The van der Waals surface area contributed by atoms with E-state index >= 15 is 0 Å². The largest absolute Gasteiger partial charge is 0.348 e. The lowest BCUT2D eigenvalue weighted by molar-refractivity contribution is 0.379. The van der Waals surface area contributed by atoms with Crippen LogP contribution >= 0.6 is 0 Å². The van der Waals surface area contributed by atoms with Gasteiger partial charge in [0.25, 0.3) is 0 Å².